The van der Waals surface area contributed by atoms with Gasteiger partial charge in [-0.25, -0.2) is 9.97 Å². The van der Waals surface area contributed by atoms with Crippen LogP contribution in [-0.2, 0) is 19.5 Å². The summed E-state index contributed by atoms with van der Waals surface area (Å²) in [5, 5.41) is 0.876. The van der Waals surface area contributed by atoms with Crippen LogP contribution in [0, 0.1) is 5.92 Å². The predicted octanol–water partition coefficient (Wildman–Crippen LogP) is 3.47. The van der Waals surface area contributed by atoms with Gasteiger partial charge in [0.25, 0.3) is 0 Å². The zero-order valence-corrected chi connectivity index (χ0v) is 13.9. The lowest BCUT2D eigenvalue weighted by atomic mass is 10.1. The molecular formula is C17H21N3OS. The summed E-state index contributed by atoms with van der Waals surface area (Å²) >= 11 is 1.61. The van der Waals surface area contributed by atoms with Gasteiger partial charge in [0.1, 0.15) is 11.5 Å². The van der Waals surface area contributed by atoms with E-state index in [1.807, 2.05) is 12.5 Å². The van der Waals surface area contributed by atoms with Gasteiger partial charge in [-0.15, -0.1) is 0 Å². The van der Waals surface area contributed by atoms with Gasteiger partial charge in [0.15, 0.2) is 5.16 Å². The van der Waals surface area contributed by atoms with E-state index in [-0.39, 0.29) is 0 Å². The molecular weight excluding hydrogens is 294 g/mol. The molecule has 1 aliphatic heterocycles. The second-order valence-corrected chi connectivity index (χ2v) is 7.19. The second kappa shape index (κ2) is 5.70. The molecule has 0 radical (unpaired) electrons. The Labute approximate surface area is 135 Å². The van der Waals surface area contributed by atoms with Crippen LogP contribution < -0.4 is 0 Å². The van der Waals surface area contributed by atoms with Crippen LogP contribution in [-0.4, -0.2) is 27.7 Å². The molecule has 5 heteroatoms. The topological polar surface area (TPSA) is 42.2 Å². The van der Waals surface area contributed by atoms with E-state index in [0.717, 1.165) is 42.9 Å². The average Bonchev–Trinajstić information content (AvgIpc) is 3.09. The molecule has 4 rings (SSSR count). The van der Waals surface area contributed by atoms with Crippen molar-refractivity contribution in [1.29, 1.82) is 0 Å². The van der Waals surface area contributed by atoms with Crippen molar-refractivity contribution in [2.75, 3.05) is 12.8 Å². The summed E-state index contributed by atoms with van der Waals surface area (Å²) < 4.78 is 6.03. The van der Waals surface area contributed by atoms with Crippen molar-refractivity contribution in [1.82, 2.24) is 14.9 Å². The molecule has 1 saturated carbocycles. The summed E-state index contributed by atoms with van der Waals surface area (Å²) in [5.41, 5.74) is 2.47. The molecule has 3 heterocycles. The SMILES string of the molecule is CSc1ncc2c(n1)CCN(Cc1ccc(C3CC3C)o1)C2. The van der Waals surface area contributed by atoms with Crippen molar-refractivity contribution in [2.45, 2.75) is 43.9 Å². The molecule has 2 aromatic heterocycles. The van der Waals surface area contributed by atoms with E-state index in [2.05, 4.69) is 33.9 Å². The second-order valence-electron chi connectivity index (χ2n) is 6.41. The van der Waals surface area contributed by atoms with E-state index in [9.17, 15) is 0 Å². The van der Waals surface area contributed by atoms with Crippen molar-refractivity contribution in [3.8, 4) is 0 Å². The summed E-state index contributed by atoms with van der Waals surface area (Å²) in [6.07, 6.45) is 6.28. The van der Waals surface area contributed by atoms with Gasteiger partial charge in [0.05, 0.1) is 12.2 Å². The number of rotatable bonds is 4. The Kier molecular flexibility index (Phi) is 3.70. The third kappa shape index (κ3) is 2.79. The number of thioether (sulfide) groups is 1. The van der Waals surface area contributed by atoms with Gasteiger partial charge < -0.3 is 4.42 Å². The molecule has 116 valence electrons. The van der Waals surface area contributed by atoms with Crippen molar-refractivity contribution in [3.63, 3.8) is 0 Å². The average molecular weight is 315 g/mol. The minimum atomic E-state index is 0.661. The molecule has 0 saturated heterocycles. The highest BCUT2D eigenvalue weighted by Crippen LogP contribution is 2.47. The van der Waals surface area contributed by atoms with Gasteiger partial charge in [-0.3, -0.25) is 4.90 Å². The van der Waals surface area contributed by atoms with E-state index in [0.29, 0.717) is 5.92 Å². The molecule has 2 aromatic rings. The maximum atomic E-state index is 6.03. The van der Waals surface area contributed by atoms with Gasteiger partial charge in [-0.1, -0.05) is 18.7 Å². The molecule has 2 atom stereocenters. The summed E-state index contributed by atoms with van der Waals surface area (Å²) in [4.78, 5) is 11.4. The highest BCUT2D eigenvalue weighted by Gasteiger charge is 2.36. The van der Waals surface area contributed by atoms with Crippen LogP contribution in [0.25, 0.3) is 0 Å². The third-order valence-electron chi connectivity index (χ3n) is 4.71. The molecule has 0 N–H and O–H groups in total. The van der Waals surface area contributed by atoms with Gasteiger partial charge in [-0.05, 0) is 30.7 Å². The molecule has 0 aromatic carbocycles. The van der Waals surface area contributed by atoms with Gasteiger partial charge in [0.2, 0.25) is 0 Å². The number of hydrogen-bond donors (Lipinski definition) is 0. The molecule has 4 nitrogen and oxygen atoms in total. The van der Waals surface area contributed by atoms with E-state index in [1.54, 1.807) is 11.8 Å². The highest BCUT2D eigenvalue weighted by atomic mass is 32.2. The largest absolute Gasteiger partial charge is 0.464 e. The molecule has 0 amide bonds. The first-order chi connectivity index (χ1) is 10.7. The fourth-order valence-electron chi connectivity index (χ4n) is 3.21. The summed E-state index contributed by atoms with van der Waals surface area (Å²) in [6, 6.07) is 4.30. The Balaban J connectivity index is 1.43. The lowest BCUT2D eigenvalue weighted by Crippen LogP contribution is -2.30. The lowest BCUT2D eigenvalue weighted by Gasteiger charge is -2.27. The third-order valence-corrected chi connectivity index (χ3v) is 5.27. The van der Waals surface area contributed by atoms with E-state index < -0.39 is 0 Å². The first kappa shape index (κ1) is 14.3. The molecule has 2 aliphatic rings. The summed E-state index contributed by atoms with van der Waals surface area (Å²) in [5.74, 6) is 3.71. The standard InChI is InChI=1S/C17H21N3OS/c1-11-7-14(11)16-4-3-13(21-16)10-20-6-5-15-12(9-20)8-18-17(19-15)22-2/h3-4,8,11,14H,5-7,9-10H2,1-2H3. The minimum absolute atomic E-state index is 0.661. The number of fused-ring (bicyclic) bond motifs is 1. The number of hydrogen-bond acceptors (Lipinski definition) is 5. The lowest BCUT2D eigenvalue weighted by molar-refractivity contribution is 0.221. The van der Waals surface area contributed by atoms with Gasteiger partial charge in [0, 0.05) is 37.2 Å². The predicted molar refractivity (Wildman–Crippen MR) is 86.9 cm³/mol. The quantitative estimate of drug-likeness (QED) is 0.638. The number of furan rings is 1. The normalized spacial score (nSPS) is 24.3. The Hall–Kier alpha value is -1.33. The fraction of sp³-hybridized carbons (Fsp3) is 0.529. The molecule has 0 bridgehead atoms. The smallest absolute Gasteiger partial charge is 0.187 e. The Bertz CT molecular complexity index is 684. The maximum Gasteiger partial charge on any atom is 0.187 e. The maximum absolute atomic E-state index is 6.03. The van der Waals surface area contributed by atoms with Crippen molar-refractivity contribution < 1.29 is 4.42 Å². The summed E-state index contributed by atoms with van der Waals surface area (Å²) in [7, 11) is 0. The van der Waals surface area contributed by atoms with Gasteiger partial charge >= 0.3 is 0 Å². The number of aromatic nitrogens is 2. The van der Waals surface area contributed by atoms with Crippen LogP contribution >= 0.6 is 11.8 Å². The van der Waals surface area contributed by atoms with Gasteiger partial charge in [-0.2, -0.15) is 0 Å². The highest BCUT2D eigenvalue weighted by molar-refractivity contribution is 7.98. The first-order valence-electron chi connectivity index (χ1n) is 7.92. The van der Waals surface area contributed by atoms with Crippen molar-refractivity contribution >= 4 is 11.8 Å². The molecule has 2 unspecified atom stereocenters. The zero-order valence-electron chi connectivity index (χ0n) is 13.1. The van der Waals surface area contributed by atoms with E-state index in [1.165, 1.54) is 23.4 Å². The molecule has 1 fully saturated rings. The van der Waals surface area contributed by atoms with Crippen LogP contribution in [0.15, 0.2) is 27.9 Å². The molecule has 22 heavy (non-hydrogen) atoms. The monoisotopic (exact) mass is 315 g/mol. The van der Waals surface area contributed by atoms with Crippen molar-refractivity contribution in [3.05, 3.63) is 41.1 Å². The molecule has 1 aliphatic carbocycles. The zero-order chi connectivity index (χ0) is 15.1. The Morgan fingerprint density at radius 1 is 1.41 bits per heavy atom. The van der Waals surface area contributed by atoms with E-state index >= 15 is 0 Å². The van der Waals surface area contributed by atoms with E-state index in [4.69, 9.17) is 4.42 Å². The van der Waals surface area contributed by atoms with Crippen LogP contribution in [0.4, 0.5) is 0 Å². The number of nitrogens with zero attached hydrogens (tertiary/aromatic N) is 3. The van der Waals surface area contributed by atoms with Crippen molar-refractivity contribution in [2.24, 2.45) is 5.92 Å². The molecule has 0 spiro atoms. The van der Waals surface area contributed by atoms with Crippen LogP contribution in [0.3, 0.4) is 0 Å². The Morgan fingerprint density at radius 2 is 2.27 bits per heavy atom. The van der Waals surface area contributed by atoms with Crippen LogP contribution in [0.1, 0.15) is 42.0 Å². The first-order valence-corrected chi connectivity index (χ1v) is 9.15. The van der Waals surface area contributed by atoms with Crippen LogP contribution in [0.2, 0.25) is 0 Å². The van der Waals surface area contributed by atoms with Crippen LogP contribution in [0.5, 0.6) is 0 Å². The Morgan fingerprint density at radius 3 is 3.05 bits per heavy atom. The summed E-state index contributed by atoms with van der Waals surface area (Å²) in [6.45, 7) is 5.12. The minimum Gasteiger partial charge on any atom is -0.464 e. The fourth-order valence-corrected chi connectivity index (χ4v) is 3.57.